The zero-order valence-electron chi connectivity index (χ0n) is 31.4. The third kappa shape index (κ3) is 42.0. The first-order valence-corrected chi connectivity index (χ1v) is 21.5. The molecular formula is C43H88O. The van der Waals surface area contributed by atoms with Gasteiger partial charge in [-0.25, -0.2) is 0 Å². The van der Waals surface area contributed by atoms with Crippen LogP contribution in [-0.2, 0) is 4.74 Å². The van der Waals surface area contributed by atoms with Crippen LogP contribution in [-0.4, -0.2) is 13.2 Å². The number of hydrogen-bond donors (Lipinski definition) is 0. The highest BCUT2D eigenvalue weighted by atomic mass is 16.5. The Balaban J connectivity index is 3.03. The van der Waals surface area contributed by atoms with Gasteiger partial charge in [0.25, 0.3) is 0 Å². The summed E-state index contributed by atoms with van der Waals surface area (Å²) < 4.78 is 5.90. The molecule has 0 aliphatic heterocycles. The largest absolute Gasteiger partial charge is 0.381 e. The Labute approximate surface area is 281 Å². The smallest absolute Gasteiger partial charge is 0.0466 e. The molecule has 0 aromatic rings. The minimum absolute atomic E-state index is 0.998. The Morgan fingerprint density at radius 1 is 0.182 bits per heavy atom. The van der Waals surface area contributed by atoms with Crippen molar-refractivity contribution in [1.29, 1.82) is 0 Å². The summed E-state index contributed by atoms with van der Waals surface area (Å²) in [4.78, 5) is 0. The molecule has 0 heterocycles. The molecule has 0 unspecified atom stereocenters. The lowest BCUT2D eigenvalue weighted by atomic mass is 10.0. The van der Waals surface area contributed by atoms with Crippen LogP contribution >= 0.6 is 0 Å². The maximum atomic E-state index is 5.90. The van der Waals surface area contributed by atoms with E-state index >= 15 is 0 Å². The summed E-state index contributed by atoms with van der Waals surface area (Å²) in [6.45, 7) is 6.61. The lowest BCUT2D eigenvalue weighted by Crippen LogP contribution is -1.97. The molecule has 1 heteroatoms. The molecule has 0 amide bonds. The van der Waals surface area contributed by atoms with E-state index in [4.69, 9.17) is 4.74 Å². The van der Waals surface area contributed by atoms with Gasteiger partial charge in [-0.15, -0.1) is 0 Å². The second-order valence-corrected chi connectivity index (χ2v) is 14.7. The first kappa shape index (κ1) is 44.0. The SMILES string of the molecule is CCCCCCCCCCCCCCCCCCCCCCCOCCCCCCCCCCCCCCCCCCCC. The molecule has 44 heavy (non-hydrogen) atoms. The van der Waals surface area contributed by atoms with Gasteiger partial charge in [0, 0.05) is 13.2 Å². The molecule has 0 aromatic carbocycles. The van der Waals surface area contributed by atoms with E-state index in [-0.39, 0.29) is 0 Å². The van der Waals surface area contributed by atoms with Gasteiger partial charge in [0.2, 0.25) is 0 Å². The van der Waals surface area contributed by atoms with E-state index in [0.717, 1.165) is 13.2 Å². The van der Waals surface area contributed by atoms with E-state index in [2.05, 4.69) is 13.8 Å². The average molecular weight is 621 g/mol. The van der Waals surface area contributed by atoms with Crippen molar-refractivity contribution in [1.82, 2.24) is 0 Å². The number of rotatable bonds is 41. The zero-order chi connectivity index (χ0) is 31.7. The summed E-state index contributed by atoms with van der Waals surface area (Å²) >= 11 is 0. The summed E-state index contributed by atoms with van der Waals surface area (Å²) in [6, 6.07) is 0. The molecule has 0 aromatic heterocycles. The Hall–Kier alpha value is -0.0400. The molecule has 1 nitrogen and oxygen atoms in total. The van der Waals surface area contributed by atoms with Gasteiger partial charge in [-0.05, 0) is 12.8 Å². The first-order valence-electron chi connectivity index (χ1n) is 21.5. The first-order chi connectivity index (χ1) is 21.9. The van der Waals surface area contributed by atoms with E-state index in [1.165, 1.54) is 250 Å². The van der Waals surface area contributed by atoms with Crippen molar-refractivity contribution in [2.45, 2.75) is 264 Å². The van der Waals surface area contributed by atoms with Crippen LogP contribution in [0.5, 0.6) is 0 Å². The highest BCUT2D eigenvalue weighted by molar-refractivity contribution is 4.53. The van der Waals surface area contributed by atoms with Gasteiger partial charge in [-0.1, -0.05) is 251 Å². The van der Waals surface area contributed by atoms with Crippen molar-refractivity contribution < 1.29 is 4.74 Å². The van der Waals surface area contributed by atoms with Crippen LogP contribution in [0.15, 0.2) is 0 Å². The van der Waals surface area contributed by atoms with Gasteiger partial charge in [-0.3, -0.25) is 0 Å². The van der Waals surface area contributed by atoms with E-state index < -0.39 is 0 Å². The fourth-order valence-corrected chi connectivity index (χ4v) is 6.84. The molecule has 0 N–H and O–H groups in total. The number of unbranched alkanes of at least 4 members (excludes halogenated alkanes) is 37. The second-order valence-electron chi connectivity index (χ2n) is 14.7. The second kappa shape index (κ2) is 43.0. The van der Waals surface area contributed by atoms with E-state index in [1.807, 2.05) is 0 Å². The fourth-order valence-electron chi connectivity index (χ4n) is 6.84. The molecule has 0 aliphatic carbocycles. The normalized spacial score (nSPS) is 11.6. The summed E-state index contributed by atoms with van der Waals surface area (Å²) in [6.07, 6.45) is 56.5. The minimum atomic E-state index is 0.998. The third-order valence-corrected chi connectivity index (χ3v) is 10.0. The Kier molecular flexibility index (Phi) is 42.9. The van der Waals surface area contributed by atoms with Crippen LogP contribution in [0.2, 0.25) is 0 Å². The van der Waals surface area contributed by atoms with Crippen LogP contribution in [0.25, 0.3) is 0 Å². The van der Waals surface area contributed by atoms with Gasteiger partial charge in [0.05, 0.1) is 0 Å². The Morgan fingerprint density at radius 2 is 0.318 bits per heavy atom. The van der Waals surface area contributed by atoms with Crippen LogP contribution in [0, 0.1) is 0 Å². The van der Waals surface area contributed by atoms with Gasteiger partial charge in [0.15, 0.2) is 0 Å². The fraction of sp³-hybridized carbons (Fsp3) is 1.00. The molecule has 0 bridgehead atoms. The highest BCUT2D eigenvalue weighted by Crippen LogP contribution is 2.16. The summed E-state index contributed by atoms with van der Waals surface area (Å²) in [7, 11) is 0. The van der Waals surface area contributed by atoms with Crippen LogP contribution in [0.4, 0.5) is 0 Å². The Bertz CT molecular complexity index is 418. The maximum absolute atomic E-state index is 5.90. The molecule has 0 rings (SSSR count). The van der Waals surface area contributed by atoms with Gasteiger partial charge >= 0.3 is 0 Å². The molecule has 0 radical (unpaired) electrons. The van der Waals surface area contributed by atoms with Gasteiger partial charge < -0.3 is 4.74 Å². The standard InChI is InChI=1S/C43H88O/c1-3-5-7-9-11-13-15-17-19-21-23-24-25-27-29-31-33-35-37-39-41-43-44-42-40-38-36-34-32-30-28-26-22-20-18-16-14-12-10-8-6-4-2/h3-43H2,1-2H3. The topological polar surface area (TPSA) is 9.23 Å². The van der Waals surface area contributed by atoms with Crippen LogP contribution in [0.3, 0.4) is 0 Å². The van der Waals surface area contributed by atoms with Crippen molar-refractivity contribution in [3.05, 3.63) is 0 Å². The monoisotopic (exact) mass is 621 g/mol. The van der Waals surface area contributed by atoms with E-state index in [0.29, 0.717) is 0 Å². The molecule has 0 aliphatic rings. The van der Waals surface area contributed by atoms with Crippen molar-refractivity contribution in [3.8, 4) is 0 Å². The molecule has 0 fully saturated rings. The lowest BCUT2D eigenvalue weighted by molar-refractivity contribution is 0.125. The quantitative estimate of drug-likeness (QED) is 0.0618. The number of hydrogen-bond acceptors (Lipinski definition) is 1. The molecular weight excluding hydrogens is 532 g/mol. The number of ether oxygens (including phenoxy) is 1. The molecule has 266 valence electrons. The average Bonchev–Trinajstić information content (AvgIpc) is 3.04. The molecule has 0 saturated heterocycles. The summed E-state index contributed by atoms with van der Waals surface area (Å²) in [5.41, 5.74) is 0. The van der Waals surface area contributed by atoms with Crippen molar-refractivity contribution in [3.63, 3.8) is 0 Å². The molecule has 0 saturated carbocycles. The summed E-state index contributed by atoms with van der Waals surface area (Å²) in [5.74, 6) is 0. The van der Waals surface area contributed by atoms with Crippen molar-refractivity contribution in [2.75, 3.05) is 13.2 Å². The predicted octanol–water partition coefficient (Wildman–Crippen LogP) is 16.3. The van der Waals surface area contributed by atoms with E-state index in [1.54, 1.807) is 0 Å². The molecule has 0 atom stereocenters. The van der Waals surface area contributed by atoms with Crippen LogP contribution < -0.4 is 0 Å². The molecule has 0 spiro atoms. The zero-order valence-corrected chi connectivity index (χ0v) is 31.4. The minimum Gasteiger partial charge on any atom is -0.381 e. The van der Waals surface area contributed by atoms with Crippen molar-refractivity contribution in [2.24, 2.45) is 0 Å². The van der Waals surface area contributed by atoms with Crippen molar-refractivity contribution >= 4 is 0 Å². The van der Waals surface area contributed by atoms with Gasteiger partial charge in [0.1, 0.15) is 0 Å². The summed E-state index contributed by atoms with van der Waals surface area (Å²) in [5, 5.41) is 0. The predicted molar refractivity (Wildman–Crippen MR) is 202 cm³/mol. The lowest BCUT2D eigenvalue weighted by Gasteiger charge is -2.06. The van der Waals surface area contributed by atoms with Gasteiger partial charge in [-0.2, -0.15) is 0 Å². The maximum Gasteiger partial charge on any atom is 0.0466 e. The third-order valence-electron chi connectivity index (χ3n) is 10.0. The van der Waals surface area contributed by atoms with E-state index in [9.17, 15) is 0 Å². The highest BCUT2D eigenvalue weighted by Gasteiger charge is 1.98. The van der Waals surface area contributed by atoms with Crippen LogP contribution in [0.1, 0.15) is 264 Å². The Morgan fingerprint density at radius 3 is 0.477 bits per heavy atom.